The van der Waals surface area contributed by atoms with Crippen LogP contribution in [-0.2, 0) is 17.7 Å². The molecule has 1 aliphatic heterocycles. The summed E-state index contributed by atoms with van der Waals surface area (Å²) in [5.74, 6) is -1.06. The number of aromatic nitrogens is 1. The third-order valence-corrected chi connectivity index (χ3v) is 8.09. The van der Waals surface area contributed by atoms with E-state index in [-0.39, 0.29) is 18.0 Å². The number of esters is 1. The van der Waals surface area contributed by atoms with Gasteiger partial charge in [-0.05, 0) is 71.8 Å². The number of carbonyl (C=O) groups is 3. The Labute approximate surface area is 266 Å². The molecule has 0 unspecified atom stereocenters. The summed E-state index contributed by atoms with van der Waals surface area (Å²) >= 11 is 1.57. The van der Waals surface area contributed by atoms with Gasteiger partial charge in [0.15, 0.2) is 5.69 Å². The molecule has 0 bridgehead atoms. The van der Waals surface area contributed by atoms with Gasteiger partial charge in [-0.15, -0.1) is 11.3 Å². The predicted octanol–water partition coefficient (Wildman–Crippen LogP) is 5.44. The first-order chi connectivity index (χ1) is 21.9. The van der Waals surface area contributed by atoms with Crippen LogP contribution in [0, 0.1) is 0 Å². The summed E-state index contributed by atoms with van der Waals surface area (Å²) in [4.78, 5) is 45.1. The number of nitrogens with zero attached hydrogens (tertiary/aromatic N) is 1. The Balaban J connectivity index is 0.00000226. The first-order valence-corrected chi connectivity index (χ1v) is 15.8. The number of pyridine rings is 1. The van der Waals surface area contributed by atoms with Crippen molar-refractivity contribution in [2.45, 2.75) is 39.7 Å². The molecule has 0 fully saturated rings. The van der Waals surface area contributed by atoms with Gasteiger partial charge in [0.2, 0.25) is 0 Å². The Hall–Kier alpha value is -4.58. The SMILES string of the molecule is CC.COC(=O)c1nc(C(=O)NCCCCO)ccc1-c1cc2c(cc1C(=O)Nc1ccc(CN)cc1)-c1sccc1CCO2. The number of nitrogens with one attached hydrogen (secondary N) is 2. The molecule has 0 saturated carbocycles. The predicted molar refractivity (Wildman–Crippen MR) is 176 cm³/mol. The van der Waals surface area contributed by atoms with Gasteiger partial charge in [0.05, 0.1) is 13.7 Å². The fourth-order valence-corrected chi connectivity index (χ4v) is 5.81. The summed E-state index contributed by atoms with van der Waals surface area (Å²) in [5, 5.41) is 16.7. The first kappa shape index (κ1) is 33.3. The molecule has 0 radical (unpaired) electrons. The summed E-state index contributed by atoms with van der Waals surface area (Å²) in [7, 11) is 1.23. The average Bonchev–Trinajstić information content (AvgIpc) is 3.48. The van der Waals surface area contributed by atoms with Crippen LogP contribution < -0.4 is 21.1 Å². The number of hydrogen-bond acceptors (Lipinski definition) is 9. The third-order valence-electron chi connectivity index (χ3n) is 7.10. The molecular formula is C34H38N4O6S. The van der Waals surface area contributed by atoms with Gasteiger partial charge in [0, 0.05) is 58.9 Å². The number of nitrogens with two attached hydrogens (primary N) is 1. The standard InChI is InChI=1S/C32H32N4O6S.C2H6/c1-41-32(40)28-22(8-9-26(36-28)31(39)34-12-2-3-13-37)23-17-27-25(29-20(10-14-42-27)11-15-43-29)16-24(23)30(38)35-21-6-4-19(18-33)5-7-21;1-2/h4-9,11,15-17,37H,2-3,10,12-14,18,33H2,1H3,(H,34,39)(H,35,38);1-2H3. The van der Waals surface area contributed by atoms with E-state index in [1.54, 1.807) is 41.7 Å². The van der Waals surface area contributed by atoms with E-state index in [1.165, 1.54) is 13.2 Å². The Morgan fingerprint density at radius 3 is 2.49 bits per heavy atom. The van der Waals surface area contributed by atoms with E-state index < -0.39 is 17.8 Å². The smallest absolute Gasteiger partial charge is 0.357 e. The van der Waals surface area contributed by atoms with Gasteiger partial charge in [0.1, 0.15) is 11.4 Å². The second-order valence-electron chi connectivity index (χ2n) is 9.89. The molecule has 4 aromatic rings. The van der Waals surface area contributed by atoms with Crippen LogP contribution in [0.1, 0.15) is 69.2 Å². The number of rotatable bonds is 10. The number of unbranched alkanes of at least 4 members (excludes halogenated alkanes) is 1. The van der Waals surface area contributed by atoms with Crippen molar-refractivity contribution in [2.24, 2.45) is 5.73 Å². The number of aliphatic hydroxyl groups is 1. The van der Waals surface area contributed by atoms with Crippen LogP contribution in [0.25, 0.3) is 21.6 Å². The van der Waals surface area contributed by atoms with E-state index in [4.69, 9.17) is 20.3 Å². The molecule has 0 spiro atoms. The number of aliphatic hydroxyl groups excluding tert-OH is 1. The van der Waals surface area contributed by atoms with Gasteiger partial charge < -0.3 is 30.9 Å². The zero-order valence-corrected chi connectivity index (χ0v) is 26.5. The van der Waals surface area contributed by atoms with Gasteiger partial charge in [-0.3, -0.25) is 9.59 Å². The highest BCUT2D eigenvalue weighted by atomic mass is 32.1. The molecule has 3 heterocycles. The lowest BCUT2D eigenvalue weighted by atomic mass is 9.93. The van der Waals surface area contributed by atoms with E-state index in [2.05, 4.69) is 21.7 Å². The van der Waals surface area contributed by atoms with E-state index in [0.717, 1.165) is 28.0 Å². The maximum absolute atomic E-state index is 13.9. The van der Waals surface area contributed by atoms with Crippen LogP contribution in [0.5, 0.6) is 5.75 Å². The fraction of sp³-hybridized carbons (Fsp3) is 0.294. The molecule has 5 N–H and O–H groups in total. The van der Waals surface area contributed by atoms with Gasteiger partial charge in [-0.2, -0.15) is 0 Å². The minimum atomic E-state index is -0.759. The van der Waals surface area contributed by atoms with E-state index in [0.29, 0.717) is 60.7 Å². The topological polar surface area (TPSA) is 153 Å². The zero-order chi connectivity index (χ0) is 32.3. The van der Waals surface area contributed by atoms with E-state index in [1.807, 2.05) is 31.4 Å². The highest BCUT2D eigenvalue weighted by Crippen LogP contribution is 2.43. The van der Waals surface area contributed by atoms with Crippen LogP contribution in [0.2, 0.25) is 0 Å². The van der Waals surface area contributed by atoms with Crippen molar-refractivity contribution in [1.82, 2.24) is 10.3 Å². The summed E-state index contributed by atoms with van der Waals surface area (Å²) < 4.78 is 11.2. The molecule has 11 heteroatoms. The second-order valence-corrected chi connectivity index (χ2v) is 10.8. The molecule has 45 heavy (non-hydrogen) atoms. The van der Waals surface area contributed by atoms with Crippen LogP contribution in [0.15, 0.2) is 60.0 Å². The molecule has 2 amide bonds. The monoisotopic (exact) mass is 630 g/mol. The number of benzene rings is 2. The van der Waals surface area contributed by atoms with Gasteiger partial charge in [-0.25, -0.2) is 9.78 Å². The largest absolute Gasteiger partial charge is 0.493 e. The number of thiophene rings is 1. The highest BCUT2D eigenvalue weighted by Gasteiger charge is 2.27. The Morgan fingerprint density at radius 1 is 1.00 bits per heavy atom. The number of ether oxygens (including phenoxy) is 2. The van der Waals surface area contributed by atoms with Crippen molar-refractivity contribution in [2.75, 3.05) is 32.2 Å². The minimum absolute atomic E-state index is 0.0216. The van der Waals surface area contributed by atoms with Crippen LogP contribution in [0.4, 0.5) is 5.69 Å². The quantitative estimate of drug-likeness (QED) is 0.134. The van der Waals surface area contributed by atoms with Crippen molar-refractivity contribution in [1.29, 1.82) is 0 Å². The lowest BCUT2D eigenvalue weighted by molar-refractivity contribution is 0.0594. The normalized spacial score (nSPS) is 11.5. The van der Waals surface area contributed by atoms with E-state index in [9.17, 15) is 14.4 Å². The van der Waals surface area contributed by atoms with Gasteiger partial charge in [0.25, 0.3) is 11.8 Å². The van der Waals surface area contributed by atoms with Crippen LogP contribution >= 0.6 is 11.3 Å². The molecule has 236 valence electrons. The average molecular weight is 631 g/mol. The molecular weight excluding hydrogens is 592 g/mol. The minimum Gasteiger partial charge on any atom is -0.493 e. The molecule has 1 aliphatic rings. The summed E-state index contributed by atoms with van der Waals surface area (Å²) in [6, 6.07) is 15.9. The molecule has 5 rings (SSSR count). The molecule has 0 atom stereocenters. The number of hydrogen-bond donors (Lipinski definition) is 4. The van der Waals surface area contributed by atoms with Crippen molar-refractivity contribution < 1.29 is 29.0 Å². The first-order valence-electron chi connectivity index (χ1n) is 14.9. The number of carbonyl (C=O) groups excluding carboxylic acids is 3. The Kier molecular flexibility index (Phi) is 11.8. The molecule has 0 aliphatic carbocycles. The maximum atomic E-state index is 13.9. The van der Waals surface area contributed by atoms with Crippen molar-refractivity contribution in [3.8, 4) is 27.3 Å². The number of methoxy groups -OCH3 is 1. The highest BCUT2D eigenvalue weighted by molar-refractivity contribution is 7.13. The van der Waals surface area contributed by atoms with Gasteiger partial charge in [-0.1, -0.05) is 26.0 Å². The summed E-state index contributed by atoms with van der Waals surface area (Å²) in [5.41, 5.74) is 10.1. The van der Waals surface area contributed by atoms with Crippen molar-refractivity contribution in [3.63, 3.8) is 0 Å². The summed E-state index contributed by atoms with van der Waals surface area (Å²) in [6.45, 7) is 5.21. The van der Waals surface area contributed by atoms with E-state index >= 15 is 0 Å². The molecule has 2 aromatic heterocycles. The van der Waals surface area contributed by atoms with Crippen molar-refractivity contribution in [3.05, 3.63) is 88.1 Å². The lowest BCUT2D eigenvalue weighted by Gasteiger charge is -2.17. The maximum Gasteiger partial charge on any atom is 0.357 e. The lowest BCUT2D eigenvalue weighted by Crippen LogP contribution is -2.26. The van der Waals surface area contributed by atoms with Crippen molar-refractivity contribution >= 4 is 34.8 Å². The van der Waals surface area contributed by atoms with Crippen LogP contribution in [0.3, 0.4) is 0 Å². The van der Waals surface area contributed by atoms with Crippen LogP contribution in [-0.4, -0.2) is 54.7 Å². The summed E-state index contributed by atoms with van der Waals surface area (Å²) in [6.07, 6.45) is 1.86. The third kappa shape index (κ3) is 7.75. The van der Waals surface area contributed by atoms with Gasteiger partial charge >= 0.3 is 5.97 Å². The molecule has 10 nitrogen and oxygen atoms in total. The molecule has 0 saturated heterocycles. The Morgan fingerprint density at radius 2 is 1.78 bits per heavy atom. The Bertz CT molecular complexity index is 1650. The number of amides is 2. The second kappa shape index (κ2) is 15.9. The fourth-order valence-electron chi connectivity index (χ4n) is 4.83. The number of anilines is 1. The molecule has 2 aromatic carbocycles. The number of fused-ring (bicyclic) bond motifs is 3. The zero-order valence-electron chi connectivity index (χ0n) is 25.6.